The summed E-state index contributed by atoms with van der Waals surface area (Å²) in [5.41, 5.74) is 1.56. The first kappa shape index (κ1) is 14.7. The number of rotatable bonds is 2. The zero-order valence-corrected chi connectivity index (χ0v) is 12.5. The highest BCUT2D eigenvalue weighted by Crippen LogP contribution is 2.35. The standard InChI is InChI=1S/C17H17NO4/c1-3-10-8-13-14(17(22-10)18-9(2)19)16(21)12-7-5-4-6-11(12)15(13)20/h4-7,10,17H,3,8H2,1-2H3,(H,18,19)/t10-,17+/m0/s1. The maximum Gasteiger partial charge on any atom is 0.219 e. The highest BCUT2D eigenvalue weighted by Gasteiger charge is 2.41. The van der Waals surface area contributed by atoms with Gasteiger partial charge in [-0.3, -0.25) is 14.4 Å². The first-order valence-electron chi connectivity index (χ1n) is 7.37. The van der Waals surface area contributed by atoms with Gasteiger partial charge >= 0.3 is 0 Å². The van der Waals surface area contributed by atoms with Crippen LogP contribution in [0.3, 0.4) is 0 Å². The molecule has 0 radical (unpaired) electrons. The summed E-state index contributed by atoms with van der Waals surface area (Å²) >= 11 is 0. The summed E-state index contributed by atoms with van der Waals surface area (Å²) in [5.74, 6) is -0.673. The molecule has 22 heavy (non-hydrogen) atoms. The normalized spacial score (nSPS) is 23.9. The molecule has 0 saturated carbocycles. The minimum absolute atomic E-state index is 0.137. The molecule has 1 aliphatic heterocycles. The molecule has 0 saturated heterocycles. The maximum absolute atomic E-state index is 12.7. The topological polar surface area (TPSA) is 72.5 Å². The zero-order valence-electron chi connectivity index (χ0n) is 12.5. The number of benzene rings is 1. The minimum atomic E-state index is -0.851. The molecule has 2 aliphatic rings. The van der Waals surface area contributed by atoms with Crippen molar-refractivity contribution >= 4 is 17.5 Å². The predicted molar refractivity (Wildman–Crippen MR) is 79.5 cm³/mol. The second-order valence-corrected chi connectivity index (χ2v) is 5.55. The van der Waals surface area contributed by atoms with Gasteiger partial charge in [-0.2, -0.15) is 0 Å². The molecular weight excluding hydrogens is 282 g/mol. The van der Waals surface area contributed by atoms with E-state index in [-0.39, 0.29) is 29.2 Å². The molecule has 0 spiro atoms. The number of Topliss-reactive ketones (excluding diaryl/α,β-unsaturated/α-hetero) is 2. The van der Waals surface area contributed by atoms with Crippen molar-refractivity contribution in [2.45, 2.75) is 39.0 Å². The van der Waals surface area contributed by atoms with Gasteiger partial charge in [-0.25, -0.2) is 0 Å². The van der Waals surface area contributed by atoms with E-state index in [4.69, 9.17) is 4.74 Å². The lowest BCUT2D eigenvalue weighted by atomic mass is 9.79. The molecule has 1 amide bonds. The van der Waals surface area contributed by atoms with E-state index in [1.165, 1.54) is 6.92 Å². The van der Waals surface area contributed by atoms with Crippen molar-refractivity contribution < 1.29 is 19.1 Å². The largest absolute Gasteiger partial charge is 0.350 e. The fraction of sp³-hybridized carbons (Fsp3) is 0.353. The summed E-state index contributed by atoms with van der Waals surface area (Å²) in [6.45, 7) is 3.31. The first-order chi connectivity index (χ1) is 10.5. The van der Waals surface area contributed by atoms with E-state index in [9.17, 15) is 14.4 Å². The van der Waals surface area contributed by atoms with Crippen molar-refractivity contribution in [3.05, 3.63) is 46.5 Å². The Morgan fingerprint density at radius 3 is 2.45 bits per heavy atom. The third-order valence-corrected chi connectivity index (χ3v) is 4.07. The number of carbonyl (C=O) groups is 3. The third kappa shape index (κ3) is 2.27. The van der Waals surface area contributed by atoms with E-state index in [1.807, 2.05) is 6.92 Å². The van der Waals surface area contributed by atoms with Crippen LogP contribution in [0.5, 0.6) is 0 Å². The Balaban J connectivity index is 2.12. The molecule has 0 aromatic heterocycles. The van der Waals surface area contributed by atoms with Gasteiger partial charge in [0, 0.05) is 30.0 Å². The highest BCUT2D eigenvalue weighted by molar-refractivity contribution is 6.27. The second kappa shape index (κ2) is 5.50. The molecule has 1 aliphatic carbocycles. The van der Waals surface area contributed by atoms with Gasteiger partial charge in [0.05, 0.1) is 11.7 Å². The van der Waals surface area contributed by atoms with Gasteiger partial charge in [-0.1, -0.05) is 31.2 Å². The van der Waals surface area contributed by atoms with Crippen LogP contribution in [0.25, 0.3) is 0 Å². The van der Waals surface area contributed by atoms with Crippen LogP contribution in [0.15, 0.2) is 35.4 Å². The van der Waals surface area contributed by atoms with E-state index in [0.29, 0.717) is 29.5 Å². The Labute approximate surface area is 128 Å². The Hall–Kier alpha value is -2.27. The van der Waals surface area contributed by atoms with Crippen molar-refractivity contribution in [2.75, 3.05) is 0 Å². The number of fused-ring (bicyclic) bond motifs is 1. The van der Waals surface area contributed by atoms with Crippen LogP contribution in [0.2, 0.25) is 0 Å². The number of nitrogens with one attached hydrogen (secondary N) is 1. The molecule has 5 heteroatoms. The Morgan fingerprint density at radius 1 is 1.23 bits per heavy atom. The summed E-state index contributed by atoms with van der Waals surface area (Å²) in [6.07, 6.45) is 0.0743. The van der Waals surface area contributed by atoms with Gasteiger partial charge in [0.25, 0.3) is 0 Å². The number of amides is 1. The third-order valence-electron chi connectivity index (χ3n) is 4.07. The summed E-state index contributed by atoms with van der Waals surface area (Å²) in [4.78, 5) is 36.9. The quantitative estimate of drug-likeness (QED) is 0.907. The second-order valence-electron chi connectivity index (χ2n) is 5.55. The van der Waals surface area contributed by atoms with E-state index in [1.54, 1.807) is 24.3 Å². The molecular formula is C17H17NO4. The van der Waals surface area contributed by atoms with Gasteiger partial charge in [-0.15, -0.1) is 0 Å². The van der Waals surface area contributed by atoms with Gasteiger partial charge in [0.2, 0.25) is 5.91 Å². The van der Waals surface area contributed by atoms with Crippen LogP contribution < -0.4 is 5.32 Å². The molecule has 1 N–H and O–H groups in total. The summed E-state index contributed by atoms with van der Waals surface area (Å²) in [7, 11) is 0. The molecule has 3 rings (SSSR count). The molecule has 1 heterocycles. The number of hydrogen-bond acceptors (Lipinski definition) is 4. The molecule has 0 bridgehead atoms. The Bertz CT molecular complexity index is 704. The molecule has 2 atom stereocenters. The molecule has 1 aromatic carbocycles. The predicted octanol–water partition coefficient (Wildman–Crippen LogP) is 2.02. The number of ether oxygens (including phenoxy) is 1. The minimum Gasteiger partial charge on any atom is -0.350 e. The van der Waals surface area contributed by atoms with Crippen molar-refractivity contribution in [3.8, 4) is 0 Å². The van der Waals surface area contributed by atoms with Gasteiger partial charge in [0.15, 0.2) is 17.8 Å². The molecule has 5 nitrogen and oxygen atoms in total. The monoisotopic (exact) mass is 299 g/mol. The lowest BCUT2D eigenvalue weighted by Gasteiger charge is -2.35. The molecule has 0 unspecified atom stereocenters. The van der Waals surface area contributed by atoms with E-state index >= 15 is 0 Å². The number of hydrogen-bond donors (Lipinski definition) is 1. The SMILES string of the molecule is CC[C@H]1CC2=C(C(=O)c3ccccc3C2=O)[C@H](NC(C)=O)O1. The molecule has 0 fully saturated rings. The van der Waals surface area contributed by atoms with Crippen LogP contribution >= 0.6 is 0 Å². The van der Waals surface area contributed by atoms with Crippen LogP contribution in [0.4, 0.5) is 0 Å². The van der Waals surface area contributed by atoms with Gasteiger partial charge in [0.1, 0.15) is 0 Å². The van der Waals surface area contributed by atoms with Crippen molar-refractivity contribution in [2.24, 2.45) is 0 Å². The number of carbonyl (C=O) groups excluding carboxylic acids is 3. The van der Waals surface area contributed by atoms with Crippen LogP contribution in [0, 0.1) is 0 Å². The zero-order chi connectivity index (χ0) is 15.9. The smallest absolute Gasteiger partial charge is 0.219 e. The summed E-state index contributed by atoms with van der Waals surface area (Å²) in [5, 5.41) is 2.63. The van der Waals surface area contributed by atoms with E-state index in [2.05, 4.69) is 5.32 Å². The summed E-state index contributed by atoms with van der Waals surface area (Å²) in [6, 6.07) is 6.78. The van der Waals surface area contributed by atoms with Gasteiger partial charge < -0.3 is 10.1 Å². The Kier molecular flexibility index (Phi) is 3.66. The molecule has 1 aromatic rings. The van der Waals surface area contributed by atoms with E-state index in [0.717, 1.165) is 0 Å². The fourth-order valence-corrected chi connectivity index (χ4v) is 2.99. The first-order valence-corrected chi connectivity index (χ1v) is 7.37. The van der Waals surface area contributed by atoms with E-state index < -0.39 is 6.23 Å². The lowest BCUT2D eigenvalue weighted by Crippen LogP contribution is -2.47. The average molecular weight is 299 g/mol. The maximum atomic E-state index is 12.7. The average Bonchev–Trinajstić information content (AvgIpc) is 2.51. The van der Waals surface area contributed by atoms with Gasteiger partial charge in [-0.05, 0) is 6.42 Å². The Morgan fingerprint density at radius 2 is 1.86 bits per heavy atom. The van der Waals surface area contributed by atoms with Crippen LogP contribution in [0.1, 0.15) is 47.4 Å². The lowest BCUT2D eigenvalue weighted by molar-refractivity contribution is -0.124. The van der Waals surface area contributed by atoms with Crippen molar-refractivity contribution in [1.29, 1.82) is 0 Å². The fourth-order valence-electron chi connectivity index (χ4n) is 2.99. The van der Waals surface area contributed by atoms with Crippen LogP contribution in [-0.4, -0.2) is 29.8 Å². The highest BCUT2D eigenvalue weighted by atomic mass is 16.5. The summed E-state index contributed by atoms with van der Waals surface area (Å²) < 4.78 is 5.79. The van der Waals surface area contributed by atoms with Crippen LogP contribution in [-0.2, 0) is 9.53 Å². The van der Waals surface area contributed by atoms with Crippen molar-refractivity contribution in [3.63, 3.8) is 0 Å². The number of ketones is 2. The molecule has 114 valence electrons. The van der Waals surface area contributed by atoms with Crippen molar-refractivity contribution in [1.82, 2.24) is 5.32 Å².